The van der Waals surface area contributed by atoms with Crippen LogP contribution in [0.4, 0.5) is 0 Å². The molecule has 1 fully saturated rings. The number of hydrogen-bond acceptors (Lipinski definition) is 4. The maximum atomic E-state index is 5.06. The van der Waals surface area contributed by atoms with Crippen molar-refractivity contribution < 1.29 is 0 Å². The van der Waals surface area contributed by atoms with Gasteiger partial charge in [0.15, 0.2) is 0 Å². The highest BCUT2D eigenvalue weighted by molar-refractivity contribution is 8.00. The lowest BCUT2D eigenvalue weighted by Crippen LogP contribution is -2.28. The Kier molecular flexibility index (Phi) is 6.00. The minimum absolute atomic E-state index is 0.154. The molecular formula is C21H33N3S2. The van der Waals surface area contributed by atoms with Crippen molar-refractivity contribution in [3.05, 3.63) is 24.0 Å². The first-order valence-electron chi connectivity index (χ1n) is 9.61. The van der Waals surface area contributed by atoms with Gasteiger partial charge in [0.25, 0.3) is 0 Å². The fraction of sp³-hybridized carbons (Fsp3) is 0.667. The molecule has 0 amide bonds. The Bertz CT molecular complexity index is 754. The molecule has 1 heterocycles. The summed E-state index contributed by atoms with van der Waals surface area (Å²) in [6.07, 6.45) is 5.86. The van der Waals surface area contributed by atoms with E-state index < -0.39 is 0 Å². The molecule has 0 saturated heterocycles. The molecule has 1 N–H and O–H groups in total. The first kappa shape index (κ1) is 20.1. The van der Waals surface area contributed by atoms with E-state index in [-0.39, 0.29) is 10.2 Å². The van der Waals surface area contributed by atoms with Crippen LogP contribution in [0.25, 0.3) is 11.0 Å². The number of aromatic nitrogens is 2. The molecule has 0 radical (unpaired) electrons. The van der Waals surface area contributed by atoms with Crippen LogP contribution in [0, 0.1) is 11.3 Å². The Balaban J connectivity index is 1.88. The van der Waals surface area contributed by atoms with Gasteiger partial charge in [-0.15, -0.1) is 11.8 Å². The summed E-state index contributed by atoms with van der Waals surface area (Å²) in [6.45, 7) is 13.6. The Morgan fingerprint density at radius 3 is 2.54 bits per heavy atom. The van der Waals surface area contributed by atoms with Crippen LogP contribution in [-0.4, -0.2) is 27.1 Å². The molecule has 0 atom stereocenters. The van der Waals surface area contributed by atoms with E-state index in [2.05, 4.69) is 68.4 Å². The molecule has 3 rings (SSSR count). The third-order valence-corrected chi connectivity index (χ3v) is 6.28. The highest BCUT2D eigenvalue weighted by Crippen LogP contribution is 2.36. The molecule has 2 aromatic rings. The number of imidazole rings is 1. The molecule has 3 nitrogen and oxygen atoms in total. The molecule has 1 aliphatic rings. The first-order chi connectivity index (χ1) is 12.2. The van der Waals surface area contributed by atoms with E-state index >= 15 is 0 Å². The fourth-order valence-electron chi connectivity index (χ4n) is 3.20. The summed E-state index contributed by atoms with van der Waals surface area (Å²) >= 11 is 3.61. The van der Waals surface area contributed by atoms with Gasteiger partial charge in [-0.3, -0.25) is 4.72 Å². The number of benzene rings is 1. The molecular weight excluding hydrogens is 358 g/mol. The second-order valence-corrected chi connectivity index (χ2v) is 11.8. The molecule has 1 aromatic carbocycles. The van der Waals surface area contributed by atoms with Crippen molar-refractivity contribution in [3.63, 3.8) is 0 Å². The van der Waals surface area contributed by atoms with Crippen LogP contribution in [0.15, 0.2) is 23.1 Å². The average Bonchev–Trinajstić information content (AvgIpc) is 3.27. The van der Waals surface area contributed by atoms with Gasteiger partial charge in [0.1, 0.15) is 5.82 Å². The molecule has 1 aliphatic carbocycles. The summed E-state index contributed by atoms with van der Waals surface area (Å²) in [5.74, 6) is 2.11. The summed E-state index contributed by atoms with van der Waals surface area (Å²) in [5, 5.41) is 0. The second-order valence-electron chi connectivity index (χ2n) is 9.36. The lowest BCUT2D eigenvalue weighted by Gasteiger charge is -2.23. The maximum Gasteiger partial charge on any atom is 0.110 e. The van der Waals surface area contributed by atoms with Crippen molar-refractivity contribution in [1.82, 2.24) is 14.3 Å². The van der Waals surface area contributed by atoms with E-state index in [9.17, 15) is 0 Å². The quantitative estimate of drug-likeness (QED) is 0.457. The normalized spacial score (nSPS) is 15.8. The first-order valence-corrected chi connectivity index (χ1v) is 11.6. The Hall–Kier alpha value is -0.650. The molecule has 0 bridgehead atoms. The Morgan fingerprint density at radius 1 is 1.19 bits per heavy atom. The molecule has 0 spiro atoms. The zero-order valence-electron chi connectivity index (χ0n) is 17.1. The van der Waals surface area contributed by atoms with Crippen molar-refractivity contribution in [3.8, 4) is 0 Å². The number of rotatable bonds is 8. The number of thioether (sulfide) groups is 1. The van der Waals surface area contributed by atoms with E-state index in [4.69, 9.17) is 4.98 Å². The number of fused-ring (bicyclic) bond motifs is 1. The van der Waals surface area contributed by atoms with Gasteiger partial charge in [0.2, 0.25) is 0 Å². The van der Waals surface area contributed by atoms with Crippen LogP contribution in [-0.2, 0) is 13.0 Å². The van der Waals surface area contributed by atoms with Crippen LogP contribution in [0.2, 0.25) is 0 Å². The van der Waals surface area contributed by atoms with Crippen LogP contribution < -0.4 is 4.72 Å². The highest BCUT2D eigenvalue weighted by atomic mass is 32.2. The van der Waals surface area contributed by atoms with Crippen molar-refractivity contribution in [2.24, 2.45) is 11.3 Å². The van der Waals surface area contributed by atoms with E-state index in [0.717, 1.165) is 30.9 Å². The summed E-state index contributed by atoms with van der Waals surface area (Å²) in [7, 11) is 0. The predicted octanol–water partition coefficient (Wildman–Crippen LogP) is 5.77. The van der Waals surface area contributed by atoms with E-state index in [1.165, 1.54) is 29.1 Å². The smallest absolute Gasteiger partial charge is 0.110 e. The fourth-order valence-corrected chi connectivity index (χ4v) is 4.88. The Morgan fingerprint density at radius 2 is 1.92 bits per heavy atom. The van der Waals surface area contributed by atoms with Crippen LogP contribution in [0.5, 0.6) is 0 Å². The van der Waals surface area contributed by atoms with Gasteiger partial charge in [-0.1, -0.05) is 32.7 Å². The molecule has 5 heteroatoms. The zero-order valence-corrected chi connectivity index (χ0v) is 18.7. The molecule has 1 saturated carbocycles. The minimum Gasteiger partial charge on any atom is -0.328 e. The van der Waals surface area contributed by atoms with Crippen LogP contribution >= 0.6 is 23.7 Å². The average molecular weight is 392 g/mol. The van der Waals surface area contributed by atoms with Gasteiger partial charge in [-0.25, -0.2) is 4.98 Å². The van der Waals surface area contributed by atoms with Gasteiger partial charge in [0.05, 0.1) is 11.0 Å². The van der Waals surface area contributed by atoms with Gasteiger partial charge in [-0.2, -0.15) is 0 Å². The lowest BCUT2D eigenvalue weighted by molar-refractivity contribution is 0.391. The third-order valence-electron chi connectivity index (χ3n) is 4.66. The third kappa shape index (κ3) is 5.43. The van der Waals surface area contributed by atoms with E-state index in [1.54, 1.807) is 11.9 Å². The van der Waals surface area contributed by atoms with E-state index in [0.29, 0.717) is 0 Å². The van der Waals surface area contributed by atoms with Gasteiger partial charge < -0.3 is 4.57 Å². The number of nitrogens with one attached hydrogen (secondary N) is 1. The monoisotopic (exact) mass is 391 g/mol. The minimum atomic E-state index is 0.154. The predicted molar refractivity (Wildman–Crippen MR) is 117 cm³/mol. The van der Waals surface area contributed by atoms with Crippen molar-refractivity contribution in [1.29, 1.82) is 0 Å². The highest BCUT2D eigenvalue weighted by Gasteiger charge is 2.26. The standard InChI is InChI=1S/C21H33N3S2/c1-20(2,3)12-19-23-17-11-16(26-21(4,5)14-22-25-6)9-10-18(17)24(19)13-15-7-8-15/h9-11,15,22H,7-8,12-14H2,1-6H3. The van der Waals surface area contributed by atoms with Crippen molar-refractivity contribution in [2.75, 3.05) is 12.8 Å². The molecule has 1 aromatic heterocycles. The van der Waals surface area contributed by atoms with Crippen LogP contribution in [0.3, 0.4) is 0 Å². The molecule has 0 aliphatic heterocycles. The zero-order chi connectivity index (χ0) is 18.9. The van der Waals surface area contributed by atoms with Crippen molar-refractivity contribution >= 4 is 34.7 Å². The van der Waals surface area contributed by atoms with Gasteiger partial charge in [-0.05, 0) is 62.5 Å². The van der Waals surface area contributed by atoms with Gasteiger partial charge in [0, 0.05) is 29.2 Å². The van der Waals surface area contributed by atoms with Crippen molar-refractivity contribution in [2.45, 2.75) is 70.1 Å². The maximum absolute atomic E-state index is 5.06. The summed E-state index contributed by atoms with van der Waals surface area (Å²) in [6, 6.07) is 6.85. The topological polar surface area (TPSA) is 29.9 Å². The summed E-state index contributed by atoms with van der Waals surface area (Å²) in [4.78, 5) is 6.37. The van der Waals surface area contributed by atoms with E-state index in [1.807, 2.05) is 11.8 Å². The van der Waals surface area contributed by atoms with Gasteiger partial charge >= 0.3 is 0 Å². The lowest BCUT2D eigenvalue weighted by atomic mass is 9.92. The summed E-state index contributed by atoms with van der Waals surface area (Å²) in [5.41, 5.74) is 2.72. The summed E-state index contributed by atoms with van der Waals surface area (Å²) < 4.78 is 6.04. The second kappa shape index (κ2) is 7.76. The molecule has 144 valence electrons. The van der Waals surface area contributed by atoms with Crippen LogP contribution in [0.1, 0.15) is 53.3 Å². The Labute approximate surface area is 167 Å². The number of hydrogen-bond donors (Lipinski definition) is 1. The molecule has 0 unspecified atom stereocenters. The number of nitrogens with zero attached hydrogens (tertiary/aromatic N) is 2. The SMILES string of the molecule is CSNCC(C)(C)Sc1ccc2c(c1)nc(CC(C)(C)C)n2CC1CC1. The largest absolute Gasteiger partial charge is 0.328 e. The molecule has 26 heavy (non-hydrogen) atoms.